The van der Waals surface area contributed by atoms with Crippen LogP contribution < -0.4 is 5.56 Å². The highest BCUT2D eigenvalue weighted by atomic mass is 16.5. The van der Waals surface area contributed by atoms with Gasteiger partial charge in [-0.3, -0.25) is 14.6 Å². The third-order valence-corrected chi connectivity index (χ3v) is 5.11. The summed E-state index contributed by atoms with van der Waals surface area (Å²) < 4.78 is 7.10. The van der Waals surface area contributed by atoms with Crippen LogP contribution in [-0.4, -0.2) is 56.4 Å². The van der Waals surface area contributed by atoms with Crippen molar-refractivity contribution >= 4 is 5.91 Å². The van der Waals surface area contributed by atoms with Gasteiger partial charge in [-0.2, -0.15) is 5.10 Å². The molecule has 2 aliphatic rings. The molecule has 0 saturated carbocycles. The summed E-state index contributed by atoms with van der Waals surface area (Å²) in [6.07, 6.45) is 7.66. The maximum Gasteiger partial charge on any atom is 0.257 e. The molecule has 2 aromatic rings. The Morgan fingerprint density at radius 2 is 2.15 bits per heavy atom. The van der Waals surface area contributed by atoms with Crippen molar-refractivity contribution in [2.75, 3.05) is 19.7 Å². The van der Waals surface area contributed by atoms with E-state index in [0.29, 0.717) is 31.2 Å². The number of H-pyrrole nitrogens is 1. The average Bonchev–Trinajstić information content (AvgIpc) is 3.31. The van der Waals surface area contributed by atoms with E-state index < -0.39 is 0 Å². The van der Waals surface area contributed by atoms with Crippen LogP contribution in [0, 0.1) is 0 Å². The second-order valence-electron chi connectivity index (χ2n) is 6.79. The Balaban J connectivity index is 1.49. The van der Waals surface area contributed by atoms with E-state index >= 15 is 0 Å². The zero-order valence-corrected chi connectivity index (χ0v) is 14.9. The Labute approximate surface area is 151 Å². The van der Waals surface area contributed by atoms with Crippen molar-refractivity contribution < 1.29 is 9.53 Å². The lowest BCUT2D eigenvalue weighted by atomic mass is 10.1. The highest BCUT2D eigenvalue weighted by molar-refractivity contribution is 5.93. The first-order valence-corrected chi connectivity index (χ1v) is 9.23. The number of rotatable bonds is 4. The largest absolute Gasteiger partial charge is 0.378 e. The van der Waals surface area contributed by atoms with E-state index in [4.69, 9.17) is 4.74 Å². The van der Waals surface area contributed by atoms with E-state index in [-0.39, 0.29) is 17.6 Å². The fraction of sp³-hybridized carbons (Fsp3) is 0.556. The lowest BCUT2D eigenvalue weighted by Crippen LogP contribution is -2.40. The number of piperidine rings is 1. The molecule has 1 aliphatic heterocycles. The summed E-state index contributed by atoms with van der Waals surface area (Å²) in [6, 6.07) is 0. The maximum atomic E-state index is 12.7. The number of carbonyl (C=O) groups excluding carboxylic acids is 1. The summed E-state index contributed by atoms with van der Waals surface area (Å²) in [6.45, 7) is 4.06. The van der Waals surface area contributed by atoms with Gasteiger partial charge in [-0.15, -0.1) is 0 Å². The lowest BCUT2D eigenvalue weighted by Gasteiger charge is -2.31. The van der Waals surface area contributed by atoms with Crippen molar-refractivity contribution in [1.82, 2.24) is 24.6 Å². The molecule has 138 valence electrons. The van der Waals surface area contributed by atoms with E-state index in [1.807, 2.05) is 11.8 Å². The summed E-state index contributed by atoms with van der Waals surface area (Å²) in [5.41, 5.74) is 2.01. The first-order valence-electron chi connectivity index (χ1n) is 9.23. The van der Waals surface area contributed by atoms with Gasteiger partial charge >= 0.3 is 0 Å². The second-order valence-corrected chi connectivity index (χ2v) is 6.79. The highest BCUT2D eigenvalue weighted by Gasteiger charge is 2.25. The average molecular weight is 357 g/mol. The molecule has 0 radical (unpaired) electrons. The van der Waals surface area contributed by atoms with Crippen LogP contribution in [0.5, 0.6) is 0 Å². The van der Waals surface area contributed by atoms with Gasteiger partial charge in [-0.25, -0.2) is 9.67 Å². The van der Waals surface area contributed by atoms with Crippen molar-refractivity contribution in [1.29, 1.82) is 0 Å². The minimum absolute atomic E-state index is 0.0466. The minimum atomic E-state index is -0.108. The molecule has 0 atom stereocenters. The molecular weight excluding hydrogens is 334 g/mol. The van der Waals surface area contributed by atoms with Crippen LogP contribution in [0.2, 0.25) is 0 Å². The van der Waals surface area contributed by atoms with E-state index in [9.17, 15) is 9.59 Å². The third kappa shape index (κ3) is 3.16. The van der Waals surface area contributed by atoms with Gasteiger partial charge in [0.05, 0.1) is 23.6 Å². The normalized spacial score (nSPS) is 17.5. The Bertz CT molecular complexity index is 864. The molecule has 1 saturated heterocycles. The SMILES string of the molecule is CCOC1CCN(C(=O)c2cnn(-c3nc4c(c(=O)[nH]3)CCC4)c2)CC1. The van der Waals surface area contributed by atoms with Crippen molar-refractivity contribution in [3.8, 4) is 5.95 Å². The van der Waals surface area contributed by atoms with Crippen LogP contribution in [0.15, 0.2) is 17.2 Å². The third-order valence-electron chi connectivity index (χ3n) is 5.11. The highest BCUT2D eigenvalue weighted by Crippen LogP contribution is 2.18. The number of hydrogen-bond acceptors (Lipinski definition) is 5. The molecule has 0 aromatic carbocycles. The molecule has 26 heavy (non-hydrogen) atoms. The Morgan fingerprint density at radius 1 is 1.35 bits per heavy atom. The van der Waals surface area contributed by atoms with E-state index in [1.54, 1.807) is 6.20 Å². The van der Waals surface area contributed by atoms with E-state index in [0.717, 1.165) is 43.4 Å². The van der Waals surface area contributed by atoms with E-state index in [1.165, 1.54) is 10.9 Å². The van der Waals surface area contributed by atoms with Gasteiger partial charge in [0.1, 0.15) is 0 Å². The van der Waals surface area contributed by atoms with Gasteiger partial charge in [-0.05, 0) is 39.0 Å². The summed E-state index contributed by atoms with van der Waals surface area (Å²) in [5.74, 6) is 0.319. The van der Waals surface area contributed by atoms with Crippen LogP contribution >= 0.6 is 0 Å². The number of aromatic amines is 1. The van der Waals surface area contributed by atoms with Crippen molar-refractivity contribution in [3.05, 3.63) is 39.6 Å². The molecule has 8 heteroatoms. The van der Waals surface area contributed by atoms with Crippen molar-refractivity contribution in [2.24, 2.45) is 0 Å². The number of carbonyl (C=O) groups is 1. The number of nitrogens with zero attached hydrogens (tertiary/aromatic N) is 4. The topological polar surface area (TPSA) is 93.1 Å². The lowest BCUT2D eigenvalue weighted by molar-refractivity contribution is 0.0146. The van der Waals surface area contributed by atoms with Gasteiger partial charge in [-0.1, -0.05) is 0 Å². The molecule has 0 spiro atoms. The zero-order valence-electron chi connectivity index (χ0n) is 14.9. The van der Waals surface area contributed by atoms with Gasteiger partial charge in [0, 0.05) is 31.5 Å². The van der Waals surface area contributed by atoms with Crippen molar-refractivity contribution in [3.63, 3.8) is 0 Å². The molecule has 8 nitrogen and oxygen atoms in total. The summed E-state index contributed by atoms with van der Waals surface area (Å²) in [7, 11) is 0. The summed E-state index contributed by atoms with van der Waals surface area (Å²) >= 11 is 0. The fourth-order valence-corrected chi connectivity index (χ4v) is 3.73. The van der Waals surface area contributed by atoms with Gasteiger partial charge in [0.25, 0.3) is 11.5 Å². The van der Waals surface area contributed by atoms with Gasteiger partial charge in [0.15, 0.2) is 0 Å². The molecule has 0 unspecified atom stereocenters. The molecule has 1 N–H and O–H groups in total. The predicted octanol–water partition coefficient (Wildman–Crippen LogP) is 1.09. The second kappa shape index (κ2) is 7.03. The Kier molecular flexibility index (Phi) is 4.58. The predicted molar refractivity (Wildman–Crippen MR) is 94.6 cm³/mol. The van der Waals surface area contributed by atoms with Crippen LogP contribution in [0.1, 0.15) is 47.8 Å². The number of likely N-dealkylation sites (tertiary alicyclic amines) is 1. The molecule has 3 heterocycles. The number of hydrogen-bond donors (Lipinski definition) is 1. The van der Waals surface area contributed by atoms with Crippen LogP contribution in [0.25, 0.3) is 5.95 Å². The molecular formula is C18H23N5O3. The fourth-order valence-electron chi connectivity index (χ4n) is 3.73. The number of fused-ring (bicyclic) bond motifs is 1. The van der Waals surface area contributed by atoms with Gasteiger partial charge < -0.3 is 9.64 Å². The number of nitrogens with one attached hydrogen (secondary N) is 1. The zero-order chi connectivity index (χ0) is 18.1. The molecule has 1 amide bonds. The van der Waals surface area contributed by atoms with Crippen molar-refractivity contribution in [2.45, 2.75) is 45.1 Å². The maximum absolute atomic E-state index is 12.7. The summed E-state index contributed by atoms with van der Waals surface area (Å²) in [4.78, 5) is 34.0. The molecule has 1 aliphatic carbocycles. The molecule has 2 aromatic heterocycles. The Morgan fingerprint density at radius 3 is 2.92 bits per heavy atom. The van der Waals surface area contributed by atoms with Crippen LogP contribution in [-0.2, 0) is 17.6 Å². The number of ether oxygens (including phenoxy) is 1. The smallest absolute Gasteiger partial charge is 0.257 e. The van der Waals surface area contributed by atoms with Crippen LogP contribution in [0.3, 0.4) is 0 Å². The first-order chi connectivity index (χ1) is 12.7. The van der Waals surface area contributed by atoms with E-state index in [2.05, 4.69) is 15.1 Å². The Hall–Kier alpha value is -2.48. The summed E-state index contributed by atoms with van der Waals surface area (Å²) in [5, 5.41) is 4.23. The molecule has 4 rings (SSSR count). The molecule has 0 bridgehead atoms. The monoisotopic (exact) mass is 357 g/mol. The number of aryl methyl sites for hydroxylation is 1. The standard InChI is InChI=1S/C18H23N5O3/c1-2-26-13-6-8-22(9-7-13)17(25)12-10-19-23(11-12)18-20-15-5-3-4-14(15)16(24)21-18/h10-11,13H,2-9H2,1H3,(H,20,21,24). The quantitative estimate of drug-likeness (QED) is 0.884. The molecule has 1 fully saturated rings. The minimum Gasteiger partial charge on any atom is -0.378 e. The number of aromatic nitrogens is 4. The van der Waals surface area contributed by atoms with Crippen LogP contribution in [0.4, 0.5) is 0 Å². The number of amides is 1. The van der Waals surface area contributed by atoms with Gasteiger partial charge in [0.2, 0.25) is 5.95 Å². The first kappa shape index (κ1) is 17.0.